The lowest BCUT2D eigenvalue weighted by atomic mass is 9.91. The number of benzene rings is 2. The molecule has 0 radical (unpaired) electrons. The Morgan fingerprint density at radius 3 is 2.42 bits per heavy atom. The Morgan fingerprint density at radius 2 is 1.73 bits per heavy atom. The van der Waals surface area contributed by atoms with Crippen LogP contribution in [0.5, 0.6) is 0 Å². The van der Waals surface area contributed by atoms with Gasteiger partial charge in [0.2, 0.25) is 5.91 Å². The average molecular weight is 372 g/mol. The Bertz CT molecular complexity index is 731. The monoisotopic (exact) mass is 371 g/mol. The van der Waals surface area contributed by atoms with Crippen molar-refractivity contribution in [1.82, 2.24) is 9.80 Å². The van der Waals surface area contributed by atoms with Crippen molar-refractivity contribution in [1.29, 1.82) is 0 Å². The smallest absolute Gasteiger partial charge is 0.247 e. The highest BCUT2D eigenvalue weighted by molar-refractivity contribution is 6.30. The lowest BCUT2D eigenvalue weighted by Crippen LogP contribution is -2.51. The van der Waals surface area contributed by atoms with Crippen molar-refractivity contribution in [2.45, 2.75) is 25.4 Å². The summed E-state index contributed by atoms with van der Waals surface area (Å²) in [5.74, 6) is -0.00274. The molecule has 2 aromatic rings. The van der Waals surface area contributed by atoms with Crippen molar-refractivity contribution >= 4 is 17.5 Å². The number of halogens is 1. The zero-order valence-corrected chi connectivity index (χ0v) is 16.0. The van der Waals surface area contributed by atoms with Gasteiger partial charge < -0.3 is 10.6 Å². The van der Waals surface area contributed by atoms with Gasteiger partial charge in [-0.05, 0) is 36.6 Å². The molecular formula is C21H26ClN3O. The van der Waals surface area contributed by atoms with E-state index in [2.05, 4.69) is 17.0 Å². The maximum Gasteiger partial charge on any atom is 0.247 e. The summed E-state index contributed by atoms with van der Waals surface area (Å²) in [6.07, 6.45) is 0.949. The van der Waals surface area contributed by atoms with Gasteiger partial charge in [0.15, 0.2) is 0 Å². The second-order valence-corrected chi connectivity index (χ2v) is 7.55. The fourth-order valence-corrected chi connectivity index (χ4v) is 3.54. The van der Waals surface area contributed by atoms with Gasteiger partial charge in [-0.1, -0.05) is 54.1 Å². The van der Waals surface area contributed by atoms with Gasteiger partial charge in [-0.25, -0.2) is 0 Å². The van der Waals surface area contributed by atoms with Gasteiger partial charge in [-0.3, -0.25) is 9.69 Å². The fraction of sp³-hybridized carbons (Fsp3) is 0.381. The van der Waals surface area contributed by atoms with E-state index in [1.54, 1.807) is 6.92 Å². The SMILES string of the molecule is CC(N)(C(=O)N1CCCN(Cc2ccc(Cl)cc2)CC1)c1ccccc1. The molecule has 0 saturated carbocycles. The van der Waals surface area contributed by atoms with Crippen LogP contribution in [-0.2, 0) is 16.9 Å². The summed E-state index contributed by atoms with van der Waals surface area (Å²) in [4.78, 5) is 17.3. The molecule has 2 N–H and O–H groups in total. The number of nitrogens with two attached hydrogens (primary N) is 1. The van der Waals surface area contributed by atoms with Crippen LogP contribution in [0.25, 0.3) is 0 Å². The van der Waals surface area contributed by atoms with Gasteiger partial charge in [-0.2, -0.15) is 0 Å². The Balaban J connectivity index is 1.62. The van der Waals surface area contributed by atoms with Gasteiger partial charge in [-0.15, -0.1) is 0 Å². The summed E-state index contributed by atoms with van der Waals surface area (Å²) in [6, 6.07) is 17.6. The molecule has 1 saturated heterocycles. The second kappa shape index (κ2) is 8.21. The highest BCUT2D eigenvalue weighted by atomic mass is 35.5. The van der Waals surface area contributed by atoms with Gasteiger partial charge in [0.1, 0.15) is 5.54 Å². The minimum atomic E-state index is -0.993. The molecule has 2 aromatic carbocycles. The van der Waals surface area contributed by atoms with Gasteiger partial charge in [0.05, 0.1) is 0 Å². The van der Waals surface area contributed by atoms with E-state index in [1.165, 1.54) is 5.56 Å². The summed E-state index contributed by atoms with van der Waals surface area (Å²) in [6.45, 7) is 5.94. The summed E-state index contributed by atoms with van der Waals surface area (Å²) in [7, 11) is 0. The largest absolute Gasteiger partial charge is 0.339 e. The number of nitrogens with zero attached hydrogens (tertiary/aromatic N) is 2. The van der Waals surface area contributed by atoms with Crippen LogP contribution in [0.2, 0.25) is 5.02 Å². The van der Waals surface area contributed by atoms with Crippen LogP contribution in [0.15, 0.2) is 54.6 Å². The predicted octanol–water partition coefficient (Wildman–Crippen LogP) is 3.25. The Hall–Kier alpha value is -1.88. The Kier molecular flexibility index (Phi) is 5.97. The number of carbonyl (C=O) groups is 1. The zero-order chi connectivity index (χ0) is 18.6. The van der Waals surface area contributed by atoms with E-state index < -0.39 is 5.54 Å². The van der Waals surface area contributed by atoms with E-state index in [0.29, 0.717) is 6.54 Å². The molecule has 0 aromatic heterocycles. The molecule has 4 nitrogen and oxygen atoms in total. The maximum atomic E-state index is 13.0. The van der Waals surface area contributed by atoms with Crippen LogP contribution in [0.4, 0.5) is 0 Å². The van der Waals surface area contributed by atoms with Gasteiger partial charge >= 0.3 is 0 Å². The fourth-order valence-electron chi connectivity index (χ4n) is 3.42. The third-order valence-corrected chi connectivity index (χ3v) is 5.26. The van der Waals surface area contributed by atoms with Crippen molar-refractivity contribution in [2.75, 3.05) is 26.2 Å². The van der Waals surface area contributed by atoms with Crippen molar-refractivity contribution in [3.05, 3.63) is 70.7 Å². The second-order valence-electron chi connectivity index (χ2n) is 7.12. The van der Waals surface area contributed by atoms with Gasteiger partial charge in [0.25, 0.3) is 0 Å². The lowest BCUT2D eigenvalue weighted by molar-refractivity contribution is -0.136. The van der Waals surface area contributed by atoms with E-state index in [1.807, 2.05) is 47.4 Å². The topological polar surface area (TPSA) is 49.6 Å². The molecule has 1 amide bonds. The number of carbonyl (C=O) groups excluding carboxylic acids is 1. The van der Waals surface area contributed by atoms with E-state index in [4.69, 9.17) is 17.3 Å². The van der Waals surface area contributed by atoms with Crippen molar-refractivity contribution in [2.24, 2.45) is 5.73 Å². The molecule has 1 fully saturated rings. The minimum absolute atomic E-state index is 0.00274. The van der Waals surface area contributed by atoms with E-state index in [0.717, 1.165) is 43.2 Å². The van der Waals surface area contributed by atoms with Crippen LogP contribution >= 0.6 is 11.6 Å². The van der Waals surface area contributed by atoms with Crippen molar-refractivity contribution in [3.8, 4) is 0 Å². The van der Waals surface area contributed by atoms with Crippen LogP contribution in [-0.4, -0.2) is 41.9 Å². The Labute approximate surface area is 160 Å². The maximum absolute atomic E-state index is 13.0. The summed E-state index contributed by atoms with van der Waals surface area (Å²) < 4.78 is 0. The number of hydrogen-bond acceptors (Lipinski definition) is 3. The van der Waals surface area contributed by atoms with E-state index in [-0.39, 0.29) is 5.91 Å². The number of amides is 1. The highest BCUT2D eigenvalue weighted by Gasteiger charge is 2.35. The molecule has 138 valence electrons. The first-order valence-electron chi connectivity index (χ1n) is 9.07. The predicted molar refractivity (Wildman–Crippen MR) is 106 cm³/mol. The molecule has 1 aliphatic heterocycles. The summed E-state index contributed by atoms with van der Waals surface area (Å²) in [5.41, 5.74) is 7.52. The van der Waals surface area contributed by atoms with Crippen molar-refractivity contribution < 1.29 is 4.79 Å². The number of hydrogen-bond donors (Lipinski definition) is 1. The first-order valence-corrected chi connectivity index (χ1v) is 9.45. The van der Waals surface area contributed by atoms with E-state index >= 15 is 0 Å². The third kappa shape index (κ3) is 4.44. The first kappa shape index (κ1) is 18.9. The Morgan fingerprint density at radius 1 is 1.04 bits per heavy atom. The molecular weight excluding hydrogens is 346 g/mol. The number of rotatable bonds is 4. The first-order chi connectivity index (χ1) is 12.5. The summed E-state index contributed by atoms with van der Waals surface area (Å²) in [5, 5.41) is 0.754. The molecule has 1 heterocycles. The zero-order valence-electron chi connectivity index (χ0n) is 15.2. The molecule has 1 unspecified atom stereocenters. The quantitative estimate of drug-likeness (QED) is 0.897. The summed E-state index contributed by atoms with van der Waals surface area (Å²) >= 11 is 5.96. The van der Waals surface area contributed by atoms with Crippen LogP contribution < -0.4 is 5.73 Å². The minimum Gasteiger partial charge on any atom is -0.339 e. The normalized spacial score (nSPS) is 18.2. The molecule has 0 bridgehead atoms. The highest BCUT2D eigenvalue weighted by Crippen LogP contribution is 2.21. The van der Waals surface area contributed by atoms with Crippen LogP contribution in [0, 0.1) is 0 Å². The van der Waals surface area contributed by atoms with E-state index in [9.17, 15) is 4.79 Å². The lowest BCUT2D eigenvalue weighted by Gasteiger charge is -2.31. The molecule has 26 heavy (non-hydrogen) atoms. The molecule has 1 atom stereocenters. The van der Waals surface area contributed by atoms with Crippen molar-refractivity contribution in [3.63, 3.8) is 0 Å². The molecule has 1 aliphatic rings. The molecule has 5 heteroatoms. The standard InChI is InChI=1S/C21H26ClN3O/c1-21(23,18-6-3-2-4-7-18)20(26)25-13-5-12-24(14-15-25)16-17-8-10-19(22)11-9-17/h2-4,6-11H,5,12-16,23H2,1H3. The molecule has 3 rings (SSSR count). The molecule has 0 spiro atoms. The van der Waals surface area contributed by atoms with Gasteiger partial charge in [0, 0.05) is 37.7 Å². The molecule has 0 aliphatic carbocycles. The third-order valence-electron chi connectivity index (χ3n) is 5.01. The average Bonchev–Trinajstić information content (AvgIpc) is 2.89. The van der Waals surface area contributed by atoms with Crippen LogP contribution in [0.1, 0.15) is 24.5 Å². The van der Waals surface area contributed by atoms with Crippen LogP contribution in [0.3, 0.4) is 0 Å².